The third-order valence-electron chi connectivity index (χ3n) is 3.03. The highest BCUT2D eigenvalue weighted by Crippen LogP contribution is 2.05. The first-order valence-electron chi connectivity index (χ1n) is 7.23. The molecule has 2 aromatic rings. The van der Waals surface area contributed by atoms with Crippen molar-refractivity contribution >= 4 is 35.2 Å². The fourth-order valence-corrected chi connectivity index (χ4v) is 1.99. The lowest BCUT2D eigenvalue weighted by Crippen LogP contribution is -2.48. The summed E-state index contributed by atoms with van der Waals surface area (Å²) in [5.74, 6) is -1.07. The Balaban J connectivity index is 1.90. The Bertz CT molecular complexity index is 842. The van der Waals surface area contributed by atoms with E-state index >= 15 is 0 Å². The lowest BCUT2D eigenvalue weighted by Gasteiger charge is -2.10. The van der Waals surface area contributed by atoms with Crippen LogP contribution >= 0.6 is 12.2 Å². The van der Waals surface area contributed by atoms with Gasteiger partial charge in [-0.25, -0.2) is 0 Å². The van der Waals surface area contributed by atoms with E-state index in [9.17, 15) is 9.59 Å². The SMILES string of the molecule is N#C/C(=C\c1ccccc1)C(=O)NNC(=S)NC(=O)c1ccccc1. The van der Waals surface area contributed by atoms with E-state index in [1.165, 1.54) is 6.08 Å². The second-order valence-electron chi connectivity index (χ2n) is 4.81. The molecular formula is C18H14N4O2S. The smallest absolute Gasteiger partial charge is 0.280 e. The van der Waals surface area contributed by atoms with Gasteiger partial charge in [-0.15, -0.1) is 0 Å². The summed E-state index contributed by atoms with van der Waals surface area (Å²) in [4.78, 5) is 23.9. The summed E-state index contributed by atoms with van der Waals surface area (Å²) in [5.41, 5.74) is 5.71. The van der Waals surface area contributed by atoms with Crippen LogP contribution in [0, 0.1) is 11.3 Å². The van der Waals surface area contributed by atoms with Crippen LogP contribution < -0.4 is 16.2 Å². The number of nitriles is 1. The molecule has 6 nitrogen and oxygen atoms in total. The Morgan fingerprint density at radius 3 is 2.16 bits per heavy atom. The summed E-state index contributed by atoms with van der Waals surface area (Å²) in [6.07, 6.45) is 1.45. The Labute approximate surface area is 150 Å². The number of rotatable bonds is 3. The van der Waals surface area contributed by atoms with Crippen molar-refractivity contribution in [3.05, 3.63) is 77.4 Å². The average Bonchev–Trinajstić information content (AvgIpc) is 2.65. The van der Waals surface area contributed by atoms with Crippen molar-refractivity contribution in [1.29, 1.82) is 5.26 Å². The number of amides is 2. The predicted molar refractivity (Wildman–Crippen MR) is 97.8 cm³/mol. The number of nitrogens with zero attached hydrogens (tertiary/aromatic N) is 1. The first kappa shape index (κ1) is 17.8. The molecular weight excluding hydrogens is 336 g/mol. The highest BCUT2D eigenvalue weighted by atomic mass is 32.1. The number of hydrogen-bond acceptors (Lipinski definition) is 4. The molecule has 2 aromatic carbocycles. The number of benzene rings is 2. The van der Waals surface area contributed by atoms with Crippen molar-refractivity contribution in [3.8, 4) is 6.07 Å². The molecule has 7 heteroatoms. The lowest BCUT2D eigenvalue weighted by atomic mass is 10.1. The molecule has 124 valence electrons. The Morgan fingerprint density at radius 2 is 1.56 bits per heavy atom. The molecule has 0 saturated carbocycles. The Hall–Kier alpha value is -3.50. The zero-order valence-electron chi connectivity index (χ0n) is 13.0. The van der Waals surface area contributed by atoms with E-state index in [-0.39, 0.29) is 10.7 Å². The van der Waals surface area contributed by atoms with Gasteiger partial charge in [0.05, 0.1) is 0 Å². The molecule has 0 saturated heterocycles. The molecule has 0 heterocycles. The van der Waals surface area contributed by atoms with E-state index in [2.05, 4.69) is 16.2 Å². The molecule has 0 aliphatic rings. The van der Waals surface area contributed by atoms with Gasteiger partial charge in [-0.05, 0) is 36.0 Å². The summed E-state index contributed by atoms with van der Waals surface area (Å²) < 4.78 is 0. The molecule has 0 atom stereocenters. The van der Waals surface area contributed by atoms with Crippen LogP contribution in [0.25, 0.3) is 6.08 Å². The fourth-order valence-electron chi connectivity index (χ4n) is 1.84. The molecule has 0 bridgehead atoms. The zero-order valence-corrected chi connectivity index (χ0v) is 13.8. The number of thiocarbonyl (C=S) groups is 1. The maximum absolute atomic E-state index is 12.0. The molecule has 0 spiro atoms. The van der Waals surface area contributed by atoms with E-state index < -0.39 is 11.8 Å². The highest BCUT2D eigenvalue weighted by Gasteiger charge is 2.11. The molecule has 0 radical (unpaired) electrons. The maximum atomic E-state index is 12.0. The zero-order chi connectivity index (χ0) is 18.1. The minimum absolute atomic E-state index is 0.0841. The topological polar surface area (TPSA) is 94.0 Å². The molecule has 25 heavy (non-hydrogen) atoms. The van der Waals surface area contributed by atoms with Gasteiger partial charge in [-0.2, -0.15) is 5.26 Å². The van der Waals surface area contributed by atoms with E-state index in [0.29, 0.717) is 11.1 Å². The van der Waals surface area contributed by atoms with Crippen LogP contribution in [0.5, 0.6) is 0 Å². The van der Waals surface area contributed by atoms with Crippen molar-refractivity contribution in [2.45, 2.75) is 0 Å². The van der Waals surface area contributed by atoms with Crippen LogP contribution in [0.3, 0.4) is 0 Å². The van der Waals surface area contributed by atoms with Gasteiger partial charge in [0.1, 0.15) is 11.6 Å². The standard InChI is InChI=1S/C18H14N4O2S/c19-12-15(11-13-7-3-1-4-8-13)17(24)21-22-18(25)20-16(23)14-9-5-2-6-10-14/h1-11H,(H,21,24)(H2,20,22,23,25)/b15-11+. The summed E-state index contributed by atoms with van der Waals surface area (Å²) in [6, 6.07) is 19.3. The molecule has 0 fully saturated rings. The Morgan fingerprint density at radius 1 is 0.960 bits per heavy atom. The molecule has 2 amide bonds. The van der Waals surface area contributed by atoms with Crippen LogP contribution in [-0.2, 0) is 4.79 Å². The monoisotopic (exact) mass is 350 g/mol. The predicted octanol–water partition coefficient (Wildman–Crippen LogP) is 1.93. The van der Waals surface area contributed by atoms with E-state index in [0.717, 1.165) is 0 Å². The van der Waals surface area contributed by atoms with Gasteiger partial charge >= 0.3 is 0 Å². The van der Waals surface area contributed by atoms with Crippen LogP contribution in [0.4, 0.5) is 0 Å². The number of nitrogens with one attached hydrogen (secondary N) is 3. The fraction of sp³-hybridized carbons (Fsp3) is 0. The van der Waals surface area contributed by atoms with Gasteiger partial charge in [0.2, 0.25) is 0 Å². The lowest BCUT2D eigenvalue weighted by molar-refractivity contribution is -0.117. The molecule has 2 rings (SSSR count). The summed E-state index contributed by atoms with van der Waals surface area (Å²) >= 11 is 4.94. The van der Waals surface area contributed by atoms with Crippen LogP contribution in [0.15, 0.2) is 66.2 Å². The summed E-state index contributed by atoms with van der Waals surface area (Å²) in [6.45, 7) is 0. The van der Waals surface area contributed by atoms with Crippen LogP contribution in [-0.4, -0.2) is 16.9 Å². The molecule has 3 N–H and O–H groups in total. The Kier molecular flexibility index (Phi) is 6.39. The number of carbonyl (C=O) groups excluding carboxylic acids is 2. The van der Waals surface area contributed by atoms with Crippen molar-refractivity contribution in [2.24, 2.45) is 0 Å². The first-order chi connectivity index (χ1) is 12.1. The van der Waals surface area contributed by atoms with Gasteiger partial charge in [-0.1, -0.05) is 48.5 Å². The third kappa shape index (κ3) is 5.57. The first-order valence-corrected chi connectivity index (χ1v) is 7.64. The minimum atomic E-state index is -0.664. The van der Waals surface area contributed by atoms with Gasteiger partial charge in [0.25, 0.3) is 11.8 Å². The molecule has 0 aromatic heterocycles. The average molecular weight is 350 g/mol. The van der Waals surface area contributed by atoms with Gasteiger partial charge in [0, 0.05) is 5.56 Å². The third-order valence-corrected chi connectivity index (χ3v) is 3.23. The molecule has 0 aliphatic carbocycles. The van der Waals surface area contributed by atoms with Crippen molar-refractivity contribution in [3.63, 3.8) is 0 Å². The van der Waals surface area contributed by atoms with Gasteiger partial charge in [-0.3, -0.25) is 25.8 Å². The van der Waals surface area contributed by atoms with E-state index in [1.807, 2.05) is 12.1 Å². The number of hydrazine groups is 1. The highest BCUT2D eigenvalue weighted by molar-refractivity contribution is 7.80. The van der Waals surface area contributed by atoms with Gasteiger partial charge < -0.3 is 0 Å². The second kappa shape index (κ2) is 8.96. The van der Waals surface area contributed by atoms with Crippen LogP contribution in [0.2, 0.25) is 0 Å². The van der Waals surface area contributed by atoms with Crippen molar-refractivity contribution in [1.82, 2.24) is 16.2 Å². The second-order valence-corrected chi connectivity index (χ2v) is 5.22. The minimum Gasteiger partial charge on any atom is -0.298 e. The van der Waals surface area contributed by atoms with Crippen LogP contribution in [0.1, 0.15) is 15.9 Å². The van der Waals surface area contributed by atoms with Gasteiger partial charge in [0.15, 0.2) is 5.11 Å². The maximum Gasteiger partial charge on any atom is 0.280 e. The van der Waals surface area contributed by atoms with E-state index in [1.54, 1.807) is 54.6 Å². The largest absolute Gasteiger partial charge is 0.298 e. The normalized spacial score (nSPS) is 10.3. The quantitative estimate of drug-likeness (QED) is 0.340. The summed E-state index contributed by atoms with van der Waals surface area (Å²) in [7, 11) is 0. The summed E-state index contributed by atoms with van der Waals surface area (Å²) in [5, 5.41) is 11.4. The molecule has 0 aliphatic heterocycles. The number of hydrogen-bond donors (Lipinski definition) is 3. The van der Waals surface area contributed by atoms with Crippen molar-refractivity contribution in [2.75, 3.05) is 0 Å². The molecule has 0 unspecified atom stereocenters. The van der Waals surface area contributed by atoms with Crippen molar-refractivity contribution < 1.29 is 9.59 Å². The number of carbonyl (C=O) groups is 2. The van der Waals surface area contributed by atoms with E-state index in [4.69, 9.17) is 17.5 Å².